The van der Waals surface area contributed by atoms with Gasteiger partial charge < -0.3 is 4.74 Å². The van der Waals surface area contributed by atoms with Crippen LogP contribution >= 0.6 is 15.9 Å². The zero-order valence-corrected chi connectivity index (χ0v) is 12.7. The van der Waals surface area contributed by atoms with Gasteiger partial charge in [0.25, 0.3) is 11.8 Å². The quantitative estimate of drug-likeness (QED) is 0.619. The molecule has 0 saturated carbocycles. The highest BCUT2D eigenvalue weighted by Crippen LogP contribution is 2.22. The van der Waals surface area contributed by atoms with Gasteiger partial charge in [0.15, 0.2) is 6.73 Å². The molecule has 0 N–H and O–H groups in total. The molecular formula is C15H9BrN2O4. The van der Waals surface area contributed by atoms with Gasteiger partial charge in [0.1, 0.15) is 0 Å². The number of nitrogens with zero attached hydrogens (tertiary/aromatic N) is 2. The van der Waals surface area contributed by atoms with Gasteiger partial charge in [-0.15, -0.1) is 0 Å². The van der Waals surface area contributed by atoms with Crippen molar-refractivity contribution in [1.82, 2.24) is 9.88 Å². The second kappa shape index (κ2) is 5.69. The average molecular weight is 361 g/mol. The first kappa shape index (κ1) is 14.4. The van der Waals surface area contributed by atoms with E-state index < -0.39 is 24.5 Å². The zero-order valence-electron chi connectivity index (χ0n) is 11.2. The van der Waals surface area contributed by atoms with Crippen molar-refractivity contribution in [2.45, 2.75) is 0 Å². The summed E-state index contributed by atoms with van der Waals surface area (Å²) in [6.45, 7) is -0.433. The lowest BCUT2D eigenvalue weighted by Crippen LogP contribution is -2.33. The van der Waals surface area contributed by atoms with E-state index in [1.165, 1.54) is 18.5 Å². The molecule has 0 atom stereocenters. The van der Waals surface area contributed by atoms with Crippen molar-refractivity contribution in [2.75, 3.05) is 6.73 Å². The van der Waals surface area contributed by atoms with Gasteiger partial charge in [-0.25, -0.2) is 9.69 Å². The van der Waals surface area contributed by atoms with E-state index in [4.69, 9.17) is 4.74 Å². The molecule has 2 amide bonds. The number of esters is 1. The van der Waals surface area contributed by atoms with E-state index in [-0.39, 0.29) is 5.56 Å². The lowest BCUT2D eigenvalue weighted by molar-refractivity contribution is 0.0228. The summed E-state index contributed by atoms with van der Waals surface area (Å²) in [5, 5.41) is 0. The van der Waals surface area contributed by atoms with Crippen molar-refractivity contribution in [3.8, 4) is 0 Å². The summed E-state index contributed by atoms with van der Waals surface area (Å²) in [7, 11) is 0. The second-order valence-electron chi connectivity index (χ2n) is 4.54. The van der Waals surface area contributed by atoms with Crippen molar-refractivity contribution >= 4 is 33.7 Å². The minimum atomic E-state index is -0.662. The molecule has 7 heteroatoms. The Labute approximate surface area is 133 Å². The van der Waals surface area contributed by atoms with Crippen LogP contribution in [0.15, 0.2) is 47.2 Å². The first-order valence-electron chi connectivity index (χ1n) is 6.31. The largest absolute Gasteiger partial charge is 0.440 e. The second-order valence-corrected chi connectivity index (χ2v) is 5.45. The van der Waals surface area contributed by atoms with Crippen molar-refractivity contribution in [3.05, 3.63) is 63.9 Å². The van der Waals surface area contributed by atoms with Gasteiger partial charge in [-0.1, -0.05) is 12.1 Å². The number of pyridine rings is 1. The van der Waals surface area contributed by atoms with Crippen molar-refractivity contribution in [2.24, 2.45) is 0 Å². The average Bonchev–Trinajstić information content (AvgIpc) is 2.77. The molecule has 0 aliphatic carbocycles. The van der Waals surface area contributed by atoms with E-state index >= 15 is 0 Å². The molecule has 1 aromatic carbocycles. The normalized spacial score (nSPS) is 13.2. The third kappa shape index (κ3) is 2.50. The zero-order chi connectivity index (χ0) is 15.7. The number of rotatable bonds is 3. The maximum Gasteiger partial charge on any atom is 0.341 e. The summed E-state index contributed by atoms with van der Waals surface area (Å²) >= 11 is 3.20. The molecule has 2 aromatic rings. The molecule has 0 saturated heterocycles. The molecule has 3 rings (SSSR count). The molecular weight excluding hydrogens is 352 g/mol. The number of amides is 2. The molecule has 0 radical (unpaired) electrons. The van der Waals surface area contributed by atoms with Crippen LogP contribution < -0.4 is 0 Å². The molecule has 0 fully saturated rings. The van der Waals surface area contributed by atoms with Crippen LogP contribution in [-0.4, -0.2) is 34.4 Å². The van der Waals surface area contributed by atoms with Crippen molar-refractivity contribution in [3.63, 3.8) is 0 Å². The Morgan fingerprint density at radius 1 is 1.14 bits per heavy atom. The smallest absolute Gasteiger partial charge is 0.341 e. The number of imide groups is 1. The Hall–Kier alpha value is -2.54. The third-order valence-electron chi connectivity index (χ3n) is 3.14. The summed E-state index contributed by atoms with van der Waals surface area (Å²) in [6.07, 6.45) is 2.87. The maximum atomic E-state index is 12.1. The SMILES string of the molecule is O=C(OCN1C(=O)c2ccccc2C1=O)c1cncc(Br)c1. The molecule has 1 aliphatic heterocycles. The van der Waals surface area contributed by atoms with Crippen molar-refractivity contribution < 1.29 is 19.1 Å². The molecule has 110 valence electrons. The van der Waals surface area contributed by atoms with Crippen LogP contribution in [0.4, 0.5) is 0 Å². The van der Waals surface area contributed by atoms with Crippen LogP contribution in [0.25, 0.3) is 0 Å². The van der Waals surface area contributed by atoms with Crippen LogP contribution in [0.5, 0.6) is 0 Å². The predicted molar refractivity (Wildman–Crippen MR) is 79.2 cm³/mol. The van der Waals surface area contributed by atoms with Crippen LogP contribution in [0.2, 0.25) is 0 Å². The summed E-state index contributed by atoms with van der Waals surface area (Å²) in [5.41, 5.74) is 0.853. The molecule has 2 heterocycles. The summed E-state index contributed by atoms with van der Waals surface area (Å²) in [5.74, 6) is -1.60. The van der Waals surface area contributed by atoms with Crippen LogP contribution in [0, 0.1) is 0 Å². The maximum absolute atomic E-state index is 12.1. The van der Waals surface area contributed by atoms with E-state index in [0.717, 1.165) is 4.90 Å². The standard InChI is InChI=1S/C15H9BrN2O4/c16-10-5-9(6-17-7-10)15(21)22-8-18-13(19)11-3-1-2-4-12(11)14(18)20/h1-7H,8H2. The number of hydrogen-bond acceptors (Lipinski definition) is 5. The van der Waals surface area contributed by atoms with Gasteiger partial charge in [0.2, 0.25) is 0 Å². The van der Waals surface area contributed by atoms with E-state index in [0.29, 0.717) is 15.6 Å². The molecule has 0 bridgehead atoms. The number of ether oxygens (including phenoxy) is 1. The Morgan fingerprint density at radius 3 is 2.36 bits per heavy atom. The van der Waals surface area contributed by atoms with Gasteiger partial charge >= 0.3 is 5.97 Å². The first-order chi connectivity index (χ1) is 10.6. The van der Waals surface area contributed by atoms with Gasteiger partial charge in [-0.05, 0) is 34.1 Å². The van der Waals surface area contributed by atoms with E-state index in [1.807, 2.05) is 0 Å². The van der Waals surface area contributed by atoms with Gasteiger partial charge in [-0.3, -0.25) is 14.6 Å². The highest BCUT2D eigenvalue weighted by molar-refractivity contribution is 9.10. The Kier molecular flexibility index (Phi) is 3.72. The Morgan fingerprint density at radius 2 is 1.77 bits per heavy atom. The van der Waals surface area contributed by atoms with E-state index in [9.17, 15) is 14.4 Å². The highest BCUT2D eigenvalue weighted by Gasteiger charge is 2.35. The number of hydrogen-bond donors (Lipinski definition) is 0. The Balaban J connectivity index is 1.72. The molecule has 0 spiro atoms. The molecule has 1 aliphatic rings. The van der Waals surface area contributed by atoms with Crippen LogP contribution in [0.3, 0.4) is 0 Å². The number of carbonyl (C=O) groups excluding carboxylic acids is 3. The van der Waals surface area contributed by atoms with Gasteiger partial charge in [-0.2, -0.15) is 0 Å². The van der Waals surface area contributed by atoms with Crippen LogP contribution in [-0.2, 0) is 4.74 Å². The minimum absolute atomic E-state index is 0.228. The Bertz CT molecular complexity index is 756. The highest BCUT2D eigenvalue weighted by atomic mass is 79.9. The fourth-order valence-electron chi connectivity index (χ4n) is 2.09. The summed E-state index contributed by atoms with van der Waals surface area (Å²) in [6, 6.07) is 8.02. The fourth-order valence-corrected chi connectivity index (χ4v) is 2.45. The first-order valence-corrected chi connectivity index (χ1v) is 7.10. The van der Waals surface area contributed by atoms with E-state index in [2.05, 4.69) is 20.9 Å². The van der Waals surface area contributed by atoms with E-state index in [1.54, 1.807) is 24.3 Å². The minimum Gasteiger partial charge on any atom is -0.440 e. The number of benzene rings is 1. The fraction of sp³-hybridized carbons (Fsp3) is 0.0667. The third-order valence-corrected chi connectivity index (χ3v) is 3.58. The van der Waals surface area contributed by atoms with Crippen LogP contribution in [0.1, 0.15) is 31.1 Å². The molecule has 6 nitrogen and oxygen atoms in total. The monoisotopic (exact) mass is 360 g/mol. The molecule has 0 unspecified atom stereocenters. The summed E-state index contributed by atoms with van der Waals surface area (Å²) < 4.78 is 5.65. The molecule has 22 heavy (non-hydrogen) atoms. The van der Waals surface area contributed by atoms with Crippen molar-refractivity contribution in [1.29, 1.82) is 0 Å². The molecule has 1 aromatic heterocycles. The number of aromatic nitrogens is 1. The lowest BCUT2D eigenvalue weighted by atomic mass is 10.1. The lowest BCUT2D eigenvalue weighted by Gasteiger charge is -2.13. The number of carbonyl (C=O) groups is 3. The number of halogens is 1. The number of fused-ring (bicyclic) bond motifs is 1. The van der Waals surface area contributed by atoms with Gasteiger partial charge in [0, 0.05) is 16.9 Å². The predicted octanol–water partition coefficient (Wildman–Crippen LogP) is 2.25. The van der Waals surface area contributed by atoms with Gasteiger partial charge in [0.05, 0.1) is 16.7 Å². The topological polar surface area (TPSA) is 76.6 Å². The summed E-state index contributed by atoms with van der Waals surface area (Å²) in [4.78, 5) is 40.9.